The van der Waals surface area contributed by atoms with Gasteiger partial charge in [-0.3, -0.25) is 8.86 Å². The first-order valence-corrected chi connectivity index (χ1v) is 6.01. The molecule has 18 heavy (non-hydrogen) atoms. The van der Waals surface area contributed by atoms with Gasteiger partial charge in [-0.15, -0.1) is 0 Å². The predicted octanol–water partition coefficient (Wildman–Crippen LogP) is 1.05. The Morgan fingerprint density at radius 2 is 2.06 bits per heavy atom. The van der Waals surface area contributed by atoms with Crippen molar-refractivity contribution < 1.29 is 23.4 Å². The van der Waals surface area contributed by atoms with Crippen molar-refractivity contribution in [3.8, 4) is 0 Å². The van der Waals surface area contributed by atoms with Crippen molar-refractivity contribution in [3.63, 3.8) is 0 Å². The maximum Gasteiger partial charge on any atom is 0.346 e. The number of ether oxygens (including phenoxy) is 1. The molecular weight excluding hydrogens is 258 g/mol. The summed E-state index contributed by atoms with van der Waals surface area (Å²) in [4.78, 5) is 10.9. The largest absolute Gasteiger partial charge is 0.478 e. The highest BCUT2D eigenvalue weighted by atomic mass is 32.2. The third-order valence-corrected chi connectivity index (χ3v) is 2.85. The van der Waals surface area contributed by atoms with E-state index in [1.165, 1.54) is 24.3 Å². The molecule has 6 nitrogen and oxygen atoms in total. The van der Waals surface area contributed by atoms with E-state index < -0.39 is 23.3 Å². The number of hydrogen-bond donors (Lipinski definition) is 2. The molecular formula is C11H13NO5S. The molecule has 0 bridgehead atoms. The van der Waals surface area contributed by atoms with Crippen LogP contribution in [-0.4, -0.2) is 36.8 Å². The monoisotopic (exact) mass is 271 g/mol. The zero-order chi connectivity index (χ0) is 13.7. The van der Waals surface area contributed by atoms with E-state index in [0.717, 1.165) is 4.31 Å². The highest BCUT2D eigenvalue weighted by Gasteiger charge is 2.34. The van der Waals surface area contributed by atoms with Gasteiger partial charge in [0.2, 0.25) is 6.10 Å². The fourth-order valence-electron chi connectivity index (χ4n) is 1.41. The molecule has 1 aliphatic heterocycles. The minimum atomic E-state index is -2.35. The lowest BCUT2D eigenvalue weighted by Gasteiger charge is -2.33. The van der Waals surface area contributed by atoms with Crippen molar-refractivity contribution in [2.75, 3.05) is 6.54 Å². The fraction of sp³-hybridized carbons (Fsp3) is 0.182. The van der Waals surface area contributed by atoms with Crippen LogP contribution in [-0.2, 0) is 20.8 Å². The second-order valence-electron chi connectivity index (χ2n) is 3.29. The molecule has 0 aromatic rings. The molecule has 0 aliphatic carbocycles. The minimum Gasteiger partial charge on any atom is -0.478 e. The molecule has 1 fully saturated rings. The summed E-state index contributed by atoms with van der Waals surface area (Å²) in [6.07, 6.45) is 4.48. The van der Waals surface area contributed by atoms with E-state index in [2.05, 4.69) is 13.2 Å². The van der Waals surface area contributed by atoms with Crippen LogP contribution in [0.3, 0.4) is 0 Å². The van der Waals surface area contributed by atoms with E-state index in [1.807, 2.05) is 0 Å². The van der Waals surface area contributed by atoms with Crippen molar-refractivity contribution in [3.05, 3.63) is 48.9 Å². The summed E-state index contributed by atoms with van der Waals surface area (Å²) in [6, 6.07) is 0. The number of nitrogens with zero attached hydrogens (tertiary/aromatic N) is 1. The average molecular weight is 271 g/mol. The molecule has 1 aliphatic rings. The van der Waals surface area contributed by atoms with Crippen molar-refractivity contribution in [1.29, 1.82) is 0 Å². The number of carbonyl (C=O) groups is 1. The van der Waals surface area contributed by atoms with Gasteiger partial charge in [-0.2, -0.15) is 0 Å². The van der Waals surface area contributed by atoms with Crippen LogP contribution in [0.2, 0.25) is 0 Å². The summed E-state index contributed by atoms with van der Waals surface area (Å²) in [5, 5.41) is 8.92. The van der Waals surface area contributed by atoms with E-state index in [9.17, 15) is 13.6 Å². The molecule has 1 unspecified atom stereocenters. The Hall–Kier alpha value is -1.86. The van der Waals surface area contributed by atoms with Gasteiger partial charge in [-0.05, 0) is 12.2 Å². The third kappa shape index (κ3) is 3.08. The molecule has 2 N–H and O–H groups in total. The summed E-state index contributed by atoms with van der Waals surface area (Å²) < 4.78 is 26.6. The van der Waals surface area contributed by atoms with E-state index in [-0.39, 0.29) is 18.0 Å². The van der Waals surface area contributed by atoms with Gasteiger partial charge >= 0.3 is 5.97 Å². The van der Waals surface area contributed by atoms with E-state index in [1.54, 1.807) is 0 Å². The van der Waals surface area contributed by atoms with Crippen LogP contribution in [0.4, 0.5) is 0 Å². The summed E-state index contributed by atoms with van der Waals surface area (Å²) in [5.41, 5.74) is 0.281. The zero-order valence-corrected chi connectivity index (χ0v) is 10.3. The van der Waals surface area contributed by atoms with E-state index in [0.29, 0.717) is 0 Å². The number of rotatable bonds is 4. The molecule has 0 aromatic heterocycles. The quantitative estimate of drug-likeness (QED) is 0.746. The molecule has 0 saturated carbocycles. The van der Waals surface area contributed by atoms with E-state index >= 15 is 0 Å². The molecule has 2 atom stereocenters. The van der Waals surface area contributed by atoms with Gasteiger partial charge in [0.05, 0.1) is 12.2 Å². The van der Waals surface area contributed by atoms with Crippen molar-refractivity contribution in [1.82, 2.24) is 4.31 Å². The Labute approximate surface area is 107 Å². The molecule has 7 heteroatoms. The molecule has 98 valence electrons. The average Bonchev–Trinajstić information content (AvgIpc) is 2.30. The predicted molar refractivity (Wildman–Crippen MR) is 66.5 cm³/mol. The van der Waals surface area contributed by atoms with Gasteiger partial charge in [-0.25, -0.2) is 9.00 Å². The molecule has 0 aromatic carbocycles. The van der Waals surface area contributed by atoms with Crippen LogP contribution < -0.4 is 0 Å². The van der Waals surface area contributed by atoms with Gasteiger partial charge in [0.25, 0.3) is 11.3 Å². The first-order chi connectivity index (χ1) is 8.51. The Bertz CT molecular complexity index is 454. The van der Waals surface area contributed by atoms with Crippen molar-refractivity contribution >= 4 is 17.2 Å². The van der Waals surface area contributed by atoms with Crippen LogP contribution in [0.1, 0.15) is 0 Å². The number of carboxylic acid groups (broad SMARTS) is 1. The third-order valence-electron chi connectivity index (χ3n) is 2.13. The highest BCUT2D eigenvalue weighted by Crippen LogP contribution is 2.26. The summed E-state index contributed by atoms with van der Waals surface area (Å²) in [5.74, 6) is -1.05. The number of carboxylic acids is 1. The summed E-state index contributed by atoms with van der Waals surface area (Å²) >= 11 is -2.35. The highest BCUT2D eigenvalue weighted by molar-refractivity contribution is 7.76. The Morgan fingerprint density at radius 1 is 1.44 bits per heavy atom. The minimum absolute atomic E-state index is 0.158. The molecule has 1 heterocycles. The second kappa shape index (κ2) is 6.18. The van der Waals surface area contributed by atoms with E-state index in [4.69, 9.17) is 9.84 Å². The standard InChI is InChI=1S/C11H13NO5S/c1-3-5-8-9(6-4-2)17-10(11(13)14)7-12(8)18(15)16/h3-6,10H,1-2,7H2,(H,13,14)(H,15,16)/b8-5+,9-6+/t10-/m1/s1. The van der Waals surface area contributed by atoms with Crippen LogP contribution in [0.15, 0.2) is 48.9 Å². The van der Waals surface area contributed by atoms with Crippen LogP contribution >= 0.6 is 0 Å². The SMILES string of the molecule is C=C/C=C1/O[C@@H](C(=O)O)CN(S(=O)O)/C1=C/C=C. The van der Waals surface area contributed by atoms with Gasteiger partial charge in [0, 0.05) is 0 Å². The molecule has 0 spiro atoms. The lowest BCUT2D eigenvalue weighted by Crippen LogP contribution is -2.44. The Kier molecular flexibility index (Phi) is 4.87. The maximum absolute atomic E-state index is 11.2. The molecule has 0 radical (unpaired) electrons. The normalized spacial score (nSPS) is 25.6. The first-order valence-electron chi connectivity index (χ1n) is 4.95. The fourth-order valence-corrected chi connectivity index (χ4v) is 1.99. The lowest BCUT2D eigenvalue weighted by atomic mass is 10.2. The van der Waals surface area contributed by atoms with Gasteiger partial charge in [0.1, 0.15) is 5.76 Å². The van der Waals surface area contributed by atoms with Crippen LogP contribution in [0.5, 0.6) is 0 Å². The number of morpholine rings is 1. The van der Waals surface area contributed by atoms with Crippen molar-refractivity contribution in [2.24, 2.45) is 0 Å². The van der Waals surface area contributed by atoms with Crippen LogP contribution in [0, 0.1) is 0 Å². The van der Waals surface area contributed by atoms with Crippen LogP contribution in [0.25, 0.3) is 0 Å². The number of aliphatic carboxylic acids is 1. The number of allylic oxidation sites excluding steroid dienone is 4. The van der Waals surface area contributed by atoms with Gasteiger partial charge in [-0.1, -0.05) is 25.3 Å². The molecule has 1 rings (SSSR count). The maximum atomic E-state index is 11.2. The van der Waals surface area contributed by atoms with Gasteiger partial charge < -0.3 is 9.84 Å². The number of hydrogen-bond acceptors (Lipinski definition) is 3. The van der Waals surface area contributed by atoms with Crippen molar-refractivity contribution in [2.45, 2.75) is 6.10 Å². The topological polar surface area (TPSA) is 87.1 Å². The summed E-state index contributed by atoms with van der Waals surface area (Å²) in [6.45, 7) is 6.73. The lowest BCUT2D eigenvalue weighted by molar-refractivity contribution is -0.149. The Morgan fingerprint density at radius 3 is 2.50 bits per heavy atom. The zero-order valence-electron chi connectivity index (χ0n) is 9.48. The smallest absolute Gasteiger partial charge is 0.346 e. The molecule has 1 saturated heterocycles. The summed E-state index contributed by atoms with van der Waals surface area (Å²) in [7, 11) is 0. The second-order valence-corrected chi connectivity index (χ2v) is 4.19. The Balaban J connectivity index is 3.21. The van der Waals surface area contributed by atoms with Gasteiger partial charge in [0.15, 0.2) is 0 Å². The molecule has 0 amide bonds. The first kappa shape index (κ1) is 14.2.